The van der Waals surface area contributed by atoms with Crippen molar-refractivity contribution in [3.05, 3.63) is 281 Å². The molecule has 10 aromatic rings. The monoisotopic (exact) mass is 871 g/mol. The highest BCUT2D eigenvalue weighted by molar-refractivity contribution is 6.05. The summed E-state index contributed by atoms with van der Waals surface area (Å²) in [6.45, 7) is 2.43. The van der Waals surface area contributed by atoms with Crippen LogP contribution >= 0.6 is 0 Å². The zero-order valence-electron chi connectivity index (χ0n) is 38.6. The Morgan fingerprint density at radius 3 is 1.63 bits per heavy atom. The van der Waals surface area contributed by atoms with E-state index in [2.05, 4.69) is 248 Å². The molecule has 1 unspecified atom stereocenters. The van der Waals surface area contributed by atoms with Gasteiger partial charge >= 0.3 is 0 Å². The molecule has 0 heterocycles. The molecule has 10 aromatic carbocycles. The molecule has 0 amide bonds. The molecular formula is C67H53N. The van der Waals surface area contributed by atoms with Crippen LogP contribution in [0.5, 0.6) is 0 Å². The molecule has 0 bridgehead atoms. The third-order valence-electron chi connectivity index (χ3n) is 16.0. The zero-order valence-corrected chi connectivity index (χ0v) is 38.6. The third-order valence-corrected chi connectivity index (χ3v) is 16.0. The Morgan fingerprint density at radius 1 is 0.382 bits per heavy atom. The number of nitrogens with zero attached hydrogens (tertiary/aromatic N) is 1. The predicted octanol–water partition coefficient (Wildman–Crippen LogP) is 17.7. The van der Waals surface area contributed by atoms with Crippen LogP contribution in [-0.4, -0.2) is 0 Å². The quantitative estimate of drug-likeness (QED) is 0.147. The largest absolute Gasteiger partial charge is 0.309 e. The van der Waals surface area contributed by atoms with Gasteiger partial charge < -0.3 is 4.90 Å². The van der Waals surface area contributed by atoms with E-state index >= 15 is 0 Å². The SMILES string of the molecule is CC1(c2ccccc2)c2ccccc2-c2c(N(c3ccc4c(c3)C(c3ccccc3)(c3ccccc3)c3ccccc3-4)c3ccccc3-c3cccc4cccc(C5CCCCC5)c34)cccc21. The molecule has 68 heavy (non-hydrogen) atoms. The van der Waals surface area contributed by atoms with Crippen LogP contribution < -0.4 is 4.90 Å². The maximum absolute atomic E-state index is 2.62. The van der Waals surface area contributed by atoms with E-state index in [4.69, 9.17) is 0 Å². The maximum Gasteiger partial charge on any atom is 0.0714 e. The number of hydrogen-bond acceptors (Lipinski definition) is 1. The molecule has 3 aliphatic carbocycles. The minimum atomic E-state index is -0.544. The van der Waals surface area contributed by atoms with Crippen LogP contribution in [0.4, 0.5) is 17.1 Å². The van der Waals surface area contributed by atoms with E-state index in [0.717, 1.165) is 11.4 Å². The van der Waals surface area contributed by atoms with Gasteiger partial charge in [0.1, 0.15) is 0 Å². The predicted molar refractivity (Wildman–Crippen MR) is 285 cm³/mol. The normalized spacial score (nSPS) is 16.7. The summed E-state index contributed by atoms with van der Waals surface area (Å²) in [4.78, 5) is 2.62. The number of anilines is 3. The molecule has 0 saturated heterocycles. The summed E-state index contributed by atoms with van der Waals surface area (Å²) in [5, 5.41) is 2.71. The molecule has 13 rings (SSSR count). The van der Waals surface area contributed by atoms with Crippen LogP contribution in [0.2, 0.25) is 0 Å². The molecule has 326 valence electrons. The lowest BCUT2D eigenvalue weighted by Gasteiger charge is -2.35. The molecule has 3 aliphatic rings. The molecular weight excluding hydrogens is 819 g/mol. The van der Waals surface area contributed by atoms with Gasteiger partial charge in [0.15, 0.2) is 0 Å². The van der Waals surface area contributed by atoms with Gasteiger partial charge in [-0.1, -0.05) is 232 Å². The molecule has 0 aromatic heterocycles. The number of hydrogen-bond donors (Lipinski definition) is 0. The Hall–Kier alpha value is -7.74. The van der Waals surface area contributed by atoms with Crippen LogP contribution in [0.15, 0.2) is 237 Å². The van der Waals surface area contributed by atoms with Crippen LogP contribution in [0.3, 0.4) is 0 Å². The smallest absolute Gasteiger partial charge is 0.0714 e. The summed E-state index contributed by atoms with van der Waals surface area (Å²) >= 11 is 0. The minimum absolute atomic E-state index is 0.353. The summed E-state index contributed by atoms with van der Waals surface area (Å²) in [6.07, 6.45) is 6.43. The highest BCUT2D eigenvalue weighted by Crippen LogP contribution is 2.60. The Morgan fingerprint density at radius 2 is 0.912 bits per heavy atom. The van der Waals surface area contributed by atoms with E-state index in [-0.39, 0.29) is 5.41 Å². The van der Waals surface area contributed by atoms with Crippen molar-refractivity contribution in [2.45, 2.75) is 55.8 Å². The van der Waals surface area contributed by atoms with Crippen molar-refractivity contribution >= 4 is 27.8 Å². The average Bonchev–Trinajstić information content (AvgIpc) is 3.87. The van der Waals surface area contributed by atoms with Crippen molar-refractivity contribution in [2.75, 3.05) is 4.90 Å². The fraction of sp³-hybridized carbons (Fsp3) is 0.134. The Balaban J connectivity index is 1.12. The molecule has 1 heteroatoms. The number of para-hydroxylation sites is 1. The second-order valence-electron chi connectivity index (χ2n) is 19.4. The highest BCUT2D eigenvalue weighted by Gasteiger charge is 2.47. The summed E-state index contributed by atoms with van der Waals surface area (Å²) in [7, 11) is 0. The first-order valence-corrected chi connectivity index (χ1v) is 24.7. The highest BCUT2D eigenvalue weighted by atomic mass is 15.1. The van der Waals surface area contributed by atoms with Gasteiger partial charge in [-0.15, -0.1) is 0 Å². The van der Waals surface area contributed by atoms with E-state index in [1.807, 2.05) is 0 Å². The van der Waals surface area contributed by atoms with Gasteiger partial charge in [0.05, 0.1) is 16.8 Å². The van der Waals surface area contributed by atoms with E-state index in [1.54, 1.807) is 0 Å². The van der Waals surface area contributed by atoms with Crippen LogP contribution in [-0.2, 0) is 10.8 Å². The number of rotatable bonds is 8. The van der Waals surface area contributed by atoms with Gasteiger partial charge in [-0.2, -0.15) is 0 Å². The molecule has 1 atom stereocenters. The summed E-state index contributed by atoms with van der Waals surface area (Å²) in [5.41, 5.74) is 20.8. The summed E-state index contributed by atoms with van der Waals surface area (Å²) in [5.74, 6) is 0.559. The van der Waals surface area contributed by atoms with Gasteiger partial charge in [0.2, 0.25) is 0 Å². The first-order valence-electron chi connectivity index (χ1n) is 24.7. The van der Waals surface area contributed by atoms with Gasteiger partial charge in [-0.25, -0.2) is 0 Å². The molecule has 0 spiro atoms. The lowest BCUT2D eigenvalue weighted by atomic mass is 9.67. The lowest BCUT2D eigenvalue weighted by Crippen LogP contribution is -2.28. The standard InChI is InChI=1S/C67H53N/c1-66(48-27-8-3-9-28-48)58-38-17-15-35-57(58)65-60(66)40-22-42-63(65)68(62-41-19-16-34-55(62)56-37-21-26-47-25-20-36-52(64(47)56)46-23-6-2-7-24-46)51-43-44-54-53-33-14-18-39-59(53)67(61(54)45-51,49-29-10-4-11-30-49)50-31-12-5-13-32-50/h3-5,8-22,25-46H,2,6-7,23-24H2,1H3. The van der Waals surface area contributed by atoms with Crippen molar-refractivity contribution in [1.82, 2.24) is 0 Å². The Kier molecular flexibility index (Phi) is 9.68. The van der Waals surface area contributed by atoms with Crippen molar-refractivity contribution < 1.29 is 0 Å². The van der Waals surface area contributed by atoms with E-state index in [9.17, 15) is 0 Å². The van der Waals surface area contributed by atoms with Crippen LogP contribution in [0.1, 0.15) is 89.5 Å². The van der Waals surface area contributed by atoms with E-state index in [0.29, 0.717) is 5.92 Å². The summed E-state index contributed by atoms with van der Waals surface area (Å²) in [6, 6.07) is 89.4. The minimum Gasteiger partial charge on any atom is -0.309 e. The van der Waals surface area contributed by atoms with Gasteiger partial charge in [-0.05, 0) is 127 Å². The average molecular weight is 872 g/mol. The van der Waals surface area contributed by atoms with Gasteiger partial charge in [0.25, 0.3) is 0 Å². The fourth-order valence-corrected chi connectivity index (χ4v) is 13.0. The molecule has 1 nitrogen and oxygen atoms in total. The Labute approximate surface area is 401 Å². The lowest BCUT2D eigenvalue weighted by molar-refractivity contribution is 0.445. The van der Waals surface area contributed by atoms with Gasteiger partial charge in [-0.3, -0.25) is 0 Å². The number of benzene rings is 10. The van der Waals surface area contributed by atoms with E-state index in [1.165, 1.54) is 126 Å². The van der Waals surface area contributed by atoms with Crippen LogP contribution in [0.25, 0.3) is 44.2 Å². The Bertz CT molecular complexity index is 3460. The summed E-state index contributed by atoms with van der Waals surface area (Å²) < 4.78 is 0. The third kappa shape index (κ3) is 6.01. The zero-order chi connectivity index (χ0) is 45.2. The second-order valence-corrected chi connectivity index (χ2v) is 19.4. The molecule has 0 N–H and O–H groups in total. The maximum atomic E-state index is 2.62. The first-order chi connectivity index (χ1) is 33.7. The van der Waals surface area contributed by atoms with Gasteiger partial charge in [0, 0.05) is 22.2 Å². The molecule has 1 saturated carbocycles. The topological polar surface area (TPSA) is 3.24 Å². The fourth-order valence-electron chi connectivity index (χ4n) is 13.0. The van der Waals surface area contributed by atoms with Crippen molar-refractivity contribution in [3.8, 4) is 33.4 Å². The van der Waals surface area contributed by atoms with Crippen molar-refractivity contribution in [1.29, 1.82) is 0 Å². The second kappa shape index (κ2) is 16.2. The number of fused-ring (bicyclic) bond motifs is 7. The van der Waals surface area contributed by atoms with Crippen molar-refractivity contribution in [2.24, 2.45) is 0 Å². The molecule has 0 radical (unpaired) electrons. The molecule has 1 fully saturated rings. The van der Waals surface area contributed by atoms with Crippen LogP contribution in [0, 0.1) is 0 Å². The van der Waals surface area contributed by atoms with Crippen molar-refractivity contribution in [3.63, 3.8) is 0 Å². The first kappa shape index (κ1) is 40.5. The molecule has 0 aliphatic heterocycles. The van der Waals surface area contributed by atoms with E-state index < -0.39 is 5.41 Å².